The van der Waals surface area contributed by atoms with E-state index in [9.17, 15) is 4.79 Å². The molecule has 3 nitrogen and oxygen atoms in total. The monoisotopic (exact) mass is 211 g/mol. The third-order valence-electron chi connectivity index (χ3n) is 5.03. The van der Waals surface area contributed by atoms with E-state index in [0.717, 1.165) is 36.5 Å². The molecule has 2 aliphatic carbocycles. The van der Waals surface area contributed by atoms with Gasteiger partial charge in [0.05, 0.1) is 6.42 Å². The van der Waals surface area contributed by atoms with Crippen molar-refractivity contribution in [1.29, 1.82) is 0 Å². The van der Waals surface area contributed by atoms with Crippen molar-refractivity contribution in [3.05, 3.63) is 0 Å². The zero-order chi connectivity index (χ0) is 11.2. The van der Waals surface area contributed by atoms with Gasteiger partial charge in [0.1, 0.15) is 0 Å². The lowest BCUT2D eigenvalue weighted by molar-refractivity contribution is -0.139. The molecular weight excluding hydrogens is 190 g/mol. The van der Waals surface area contributed by atoms with E-state index in [0.29, 0.717) is 6.54 Å². The van der Waals surface area contributed by atoms with Crippen LogP contribution in [0.25, 0.3) is 0 Å². The molecule has 0 aliphatic heterocycles. The summed E-state index contributed by atoms with van der Waals surface area (Å²) < 4.78 is 0. The van der Waals surface area contributed by atoms with Gasteiger partial charge in [0.25, 0.3) is 0 Å². The topological polar surface area (TPSA) is 63.3 Å². The molecule has 2 aliphatic rings. The normalized spacial score (nSPS) is 48.5. The van der Waals surface area contributed by atoms with Gasteiger partial charge in [-0.05, 0) is 48.5 Å². The van der Waals surface area contributed by atoms with E-state index in [4.69, 9.17) is 10.8 Å². The molecular formula is C12H21NO2. The molecule has 5 atom stereocenters. The quantitative estimate of drug-likeness (QED) is 0.747. The van der Waals surface area contributed by atoms with Crippen LogP contribution in [-0.2, 0) is 4.79 Å². The van der Waals surface area contributed by atoms with Gasteiger partial charge in [-0.2, -0.15) is 0 Å². The Bertz CT molecular complexity index is 261. The summed E-state index contributed by atoms with van der Waals surface area (Å²) in [6.45, 7) is 5.12. The minimum Gasteiger partial charge on any atom is -0.481 e. The Morgan fingerprint density at radius 3 is 2.13 bits per heavy atom. The molecule has 86 valence electrons. The van der Waals surface area contributed by atoms with E-state index in [1.165, 1.54) is 0 Å². The molecule has 0 saturated heterocycles. The first-order valence-corrected chi connectivity index (χ1v) is 5.91. The van der Waals surface area contributed by atoms with Gasteiger partial charge in [0.2, 0.25) is 0 Å². The summed E-state index contributed by atoms with van der Waals surface area (Å²) in [6, 6.07) is 0. The summed E-state index contributed by atoms with van der Waals surface area (Å²) in [5.41, 5.74) is 5.70. The molecule has 0 spiro atoms. The Morgan fingerprint density at radius 1 is 1.33 bits per heavy atom. The van der Waals surface area contributed by atoms with Gasteiger partial charge in [-0.3, -0.25) is 4.79 Å². The van der Waals surface area contributed by atoms with Crippen LogP contribution in [0.2, 0.25) is 0 Å². The van der Waals surface area contributed by atoms with Crippen molar-refractivity contribution in [2.24, 2.45) is 34.8 Å². The second-order valence-electron chi connectivity index (χ2n) is 5.73. The van der Waals surface area contributed by atoms with Crippen LogP contribution < -0.4 is 5.73 Å². The molecule has 0 bridgehead atoms. The standard InChI is InChI=1S/C12H21NO2/c1-7-8(2)10-4-12(6-13,3-9(7)10)5-11(14)15/h7-10H,3-6,13H2,1-2H3,(H,14,15)/t7-,8+,9-,10+,12?. The maximum Gasteiger partial charge on any atom is 0.303 e. The van der Waals surface area contributed by atoms with Crippen molar-refractivity contribution in [3.63, 3.8) is 0 Å². The van der Waals surface area contributed by atoms with Crippen LogP contribution in [0.5, 0.6) is 0 Å². The molecule has 1 unspecified atom stereocenters. The first kappa shape index (κ1) is 10.9. The Balaban J connectivity index is 2.08. The fraction of sp³-hybridized carbons (Fsp3) is 0.917. The number of carboxylic acid groups (broad SMARTS) is 1. The van der Waals surface area contributed by atoms with Crippen molar-refractivity contribution < 1.29 is 9.90 Å². The van der Waals surface area contributed by atoms with Crippen molar-refractivity contribution in [2.45, 2.75) is 33.1 Å². The summed E-state index contributed by atoms with van der Waals surface area (Å²) in [6.07, 6.45) is 2.33. The van der Waals surface area contributed by atoms with Gasteiger partial charge in [0.15, 0.2) is 0 Å². The first-order chi connectivity index (χ1) is 6.99. The summed E-state index contributed by atoms with van der Waals surface area (Å²) in [4.78, 5) is 10.9. The minimum absolute atomic E-state index is 0.0970. The van der Waals surface area contributed by atoms with Crippen LogP contribution in [-0.4, -0.2) is 17.6 Å². The summed E-state index contributed by atoms with van der Waals surface area (Å²) in [5.74, 6) is 2.31. The molecule has 0 radical (unpaired) electrons. The molecule has 2 saturated carbocycles. The SMILES string of the molecule is C[C@@H]1[C@H](C)[C@@H]2CC(CN)(CC(=O)O)C[C@H]12. The maximum atomic E-state index is 10.9. The van der Waals surface area contributed by atoms with Crippen molar-refractivity contribution in [3.8, 4) is 0 Å². The van der Waals surface area contributed by atoms with Crippen LogP contribution >= 0.6 is 0 Å². The number of rotatable bonds is 3. The number of fused-ring (bicyclic) bond motifs is 1. The lowest BCUT2D eigenvalue weighted by Crippen LogP contribution is -2.39. The van der Waals surface area contributed by atoms with Crippen LogP contribution in [0, 0.1) is 29.1 Å². The fourth-order valence-corrected chi connectivity index (χ4v) is 3.88. The van der Waals surface area contributed by atoms with E-state index in [1.54, 1.807) is 0 Å². The highest BCUT2D eigenvalue weighted by atomic mass is 16.4. The molecule has 0 aromatic carbocycles. The smallest absolute Gasteiger partial charge is 0.303 e. The van der Waals surface area contributed by atoms with Gasteiger partial charge in [-0.15, -0.1) is 0 Å². The lowest BCUT2D eigenvalue weighted by atomic mass is 9.60. The van der Waals surface area contributed by atoms with E-state index in [2.05, 4.69) is 13.8 Å². The molecule has 0 amide bonds. The zero-order valence-electron chi connectivity index (χ0n) is 9.57. The second kappa shape index (κ2) is 3.48. The molecule has 0 aromatic heterocycles. The summed E-state index contributed by atoms with van der Waals surface area (Å²) in [7, 11) is 0. The lowest BCUT2D eigenvalue weighted by Gasteiger charge is -2.45. The fourth-order valence-electron chi connectivity index (χ4n) is 3.88. The number of carbonyl (C=O) groups is 1. The highest BCUT2D eigenvalue weighted by Gasteiger charge is 2.56. The molecule has 2 rings (SSSR count). The van der Waals surface area contributed by atoms with Crippen LogP contribution in [0.4, 0.5) is 0 Å². The average molecular weight is 211 g/mol. The number of aliphatic carboxylic acids is 1. The Morgan fingerprint density at radius 2 is 1.80 bits per heavy atom. The molecule has 0 aromatic rings. The zero-order valence-corrected chi connectivity index (χ0v) is 9.57. The van der Waals surface area contributed by atoms with Gasteiger partial charge < -0.3 is 10.8 Å². The van der Waals surface area contributed by atoms with E-state index in [-0.39, 0.29) is 11.8 Å². The predicted molar refractivity (Wildman–Crippen MR) is 58.3 cm³/mol. The Labute approximate surface area is 91.0 Å². The van der Waals surface area contributed by atoms with Crippen molar-refractivity contribution >= 4 is 5.97 Å². The highest BCUT2D eigenvalue weighted by Crippen LogP contribution is 2.61. The van der Waals surface area contributed by atoms with E-state index in [1.807, 2.05) is 0 Å². The molecule has 3 N–H and O–H groups in total. The largest absolute Gasteiger partial charge is 0.481 e. The molecule has 2 fully saturated rings. The number of carboxylic acids is 1. The van der Waals surface area contributed by atoms with E-state index < -0.39 is 5.97 Å². The number of hydrogen-bond donors (Lipinski definition) is 2. The maximum absolute atomic E-state index is 10.9. The van der Waals surface area contributed by atoms with Gasteiger partial charge in [-0.1, -0.05) is 13.8 Å². The average Bonchev–Trinajstić information content (AvgIpc) is 2.53. The van der Waals surface area contributed by atoms with Gasteiger partial charge >= 0.3 is 5.97 Å². The summed E-state index contributed by atoms with van der Waals surface area (Å²) >= 11 is 0. The van der Waals surface area contributed by atoms with Gasteiger partial charge in [0, 0.05) is 0 Å². The van der Waals surface area contributed by atoms with Crippen LogP contribution in [0.15, 0.2) is 0 Å². The third kappa shape index (κ3) is 1.57. The van der Waals surface area contributed by atoms with Gasteiger partial charge in [-0.25, -0.2) is 0 Å². The Hall–Kier alpha value is -0.570. The summed E-state index contributed by atoms with van der Waals surface area (Å²) in [5, 5.41) is 8.94. The van der Waals surface area contributed by atoms with Crippen LogP contribution in [0.1, 0.15) is 33.1 Å². The van der Waals surface area contributed by atoms with Crippen LogP contribution in [0.3, 0.4) is 0 Å². The van der Waals surface area contributed by atoms with Crippen molar-refractivity contribution in [1.82, 2.24) is 0 Å². The first-order valence-electron chi connectivity index (χ1n) is 5.91. The number of nitrogens with two attached hydrogens (primary N) is 1. The highest BCUT2D eigenvalue weighted by molar-refractivity contribution is 5.67. The second-order valence-corrected chi connectivity index (χ2v) is 5.73. The predicted octanol–water partition coefficient (Wildman–Crippen LogP) is 1.72. The molecule has 0 heterocycles. The Kier molecular flexibility index (Phi) is 2.53. The van der Waals surface area contributed by atoms with E-state index >= 15 is 0 Å². The molecule has 15 heavy (non-hydrogen) atoms. The van der Waals surface area contributed by atoms with Crippen molar-refractivity contribution in [2.75, 3.05) is 6.54 Å². The minimum atomic E-state index is -0.693. The third-order valence-corrected chi connectivity index (χ3v) is 5.03. The number of hydrogen-bond acceptors (Lipinski definition) is 2. The molecule has 3 heteroatoms.